The standard InChI is InChI=1S/C25H19BrCl2N2O3/c1-32-22-7-2-16(3-8-22)14-30-25(31)19(13-29)10-18-11-20(26)5-9-24(18)33-15-17-4-6-21(27)12-23(17)28/h2-12H,14-15H2,1H3,(H,30,31)/b19-10-. The number of nitrogens with zero attached hydrogens (tertiary/aromatic N) is 1. The molecule has 0 heterocycles. The Morgan fingerprint density at radius 2 is 1.88 bits per heavy atom. The van der Waals surface area contributed by atoms with Gasteiger partial charge in [-0.25, -0.2) is 0 Å². The molecule has 3 aromatic carbocycles. The minimum Gasteiger partial charge on any atom is -0.497 e. The maximum Gasteiger partial charge on any atom is 0.262 e. The SMILES string of the molecule is COc1ccc(CNC(=O)/C(C#N)=C\c2cc(Br)ccc2OCc2ccc(Cl)cc2Cl)cc1. The van der Waals surface area contributed by atoms with Gasteiger partial charge in [-0.05, 0) is 54.1 Å². The number of benzene rings is 3. The predicted octanol–water partition coefficient (Wildman–Crippen LogP) is 6.57. The lowest BCUT2D eigenvalue weighted by molar-refractivity contribution is -0.117. The van der Waals surface area contributed by atoms with Crippen molar-refractivity contribution >= 4 is 51.1 Å². The van der Waals surface area contributed by atoms with Crippen LogP contribution < -0.4 is 14.8 Å². The first-order valence-corrected chi connectivity index (χ1v) is 11.3. The number of methoxy groups -OCH3 is 1. The number of carbonyl (C=O) groups excluding carboxylic acids is 1. The summed E-state index contributed by atoms with van der Waals surface area (Å²) in [5, 5.41) is 13.4. The quantitative estimate of drug-likeness (QED) is 0.257. The number of amides is 1. The summed E-state index contributed by atoms with van der Waals surface area (Å²) in [5.41, 5.74) is 2.17. The molecule has 0 aliphatic rings. The molecule has 0 fully saturated rings. The topological polar surface area (TPSA) is 71.3 Å². The second-order valence-corrected chi connectivity index (χ2v) is 8.67. The zero-order chi connectivity index (χ0) is 23.8. The van der Waals surface area contributed by atoms with Crippen LogP contribution in [0.15, 0.2) is 70.7 Å². The van der Waals surface area contributed by atoms with Crippen molar-refractivity contribution in [1.82, 2.24) is 5.32 Å². The van der Waals surface area contributed by atoms with E-state index in [4.69, 9.17) is 32.7 Å². The van der Waals surface area contributed by atoms with E-state index in [-0.39, 0.29) is 18.7 Å². The molecular formula is C25H19BrCl2N2O3. The molecule has 3 aromatic rings. The molecule has 0 saturated heterocycles. The van der Waals surface area contributed by atoms with Gasteiger partial charge in [0.05, 0.1) is 7.11 Å². The average Bonchev–Trinajstić information content (AvgIpc) is 2.81. The normalized spacial score (nSPS) is 10.9. The van der Waals surface area contributed by atoms with Crippen LogP contribution in [0.4, 0.5) is 0 Å². The number of rotatable bonds is 8. The van der Waals surface area contributed by atoms with Crippen molar-refractivity contribution in [2.75, 3.05) is 7.11 Å². The Bertz CT molecular complexity index is 1220. The monoisotopic (exact) mass is 544 g/mol. The van der Waals surface area contributed by atoms with E-state index in [1.54, 1.807) is 49.6 Å². The van der Waals surface area contributed by atoms with Gasteiger partial charge >= 0.3 is 0 Å². The summed E-state index contributed by atoms with van der Waals surface area (Å²) < 4.78 is 11.8. The van der Waals surface area contributed by atoms with Gasteiger partial charge in [-0.1, -0.05) is 57.3 Å². The van der Waals surface area contributed by atoms with E-state index in [2.05, 4.69) is 21.2 Å². The van der Waals surface area contributed by atoms with E-state index < -0.39 is 5.91 Å². The predicted molar refractivity (Wildman–Crippen MR) is 133 cm³/mol. The molecule has 5 nitrogen and oxygen atoms in total. The molecular weight excluding hydrogens is 527 g/mol. The number of nitrogens with one attached hydrogen (secondary N) is 1. The van der Waals surface area contributed by atoms with Crippen LogP contribution in [0.2, 0.25) is 10.0 Å². The number of carbonyl (C=O) groups is 1. The fraction of sp³-hybridized carbons (Fsp3) is 0.120. The summed E-state index contributed by atoms with van der Waals surface area (Å²) in [7, 11) is 1.59. The first-order valence-electron chi connectivity index (χ1n) is 9.79. The molecule has 0 spiro atoms. The molecule has 0 atom stereocenters. The van der Waals surface area contributed by atoms with Gasteiger partial charge in [0.25, 0.3) is 5.91 Å². The molecule has 0 aromatic heterocycles. The molecule has 3 rings (SSSR count). The number of nitriles is 1. The number of halogens is 3. The second-order valence-electron chi connectivity index (χ2n) is 6.91. The lowest BCUT2D eigenvalue weighted by Gasteiger charge is -2.12. The van der Waals surface area contributed by atoms with Gasteiger partial charge in [0.2, 0.25) is 0 Å². The Morgan fingerprint density at radius 1 is 1.12 bits per heavy atom. The van der Waals surface area contributed by atoms with E-state index in [1.807, 2.05) is 24.3 Å². The van der Waals surface area contributed by atoms with E-state index in [9.17, 15) is 10.1 Å². The molecule has 0 bridgehead atoms. The highest BCUT2D eigenvalue weighted by Crippen LogP contribution is 2.28. The fourth-order valence-corrected chi connectivity index (χ4v) is 3.72. The van der Waals surface area contributed by atoms with Gasteiger partial charge in [0.1, 0.15) is 29.7 Å². The van der Waals surface area contributed by atoms with Crippen LogP contribution >= 0.6 is 39.1 Å². The third-order valence-electron chi connectivity index (χ3n) is 4.65. The van der Waals surface area contributed by atoms with Gasteiger partial charge in [-0.15, -0.1) is 0 Å². The van der Waals surface area contributed by atoms with E-state index in [0.717, 1.165) is 21.3 Å². The third-order valence-corrected chi connectivity index (χ3v) is 5.73. The third kappa shape index (κ3) is 7.00. The highest BCUT2D eigenvalue weighted by atomic mass is 79.9. The van der Waals surface area contributed by atoms with Gasteiger partial charge in [0.15, 0.2) is 0 Å². The Morgan fingerprint density at radius 3 is 2.55 bits per heavy atom. The van der Waals surface area contributed by atoms with Crippen molar-refractivity contribution in [2.24, 2.45) is 0 Å². The molecule has 0 radical (unpaired) electrons. The molecule has 8 heteroatoms. The average molecular weight is 546 g/mol. The Kier molecular flexibility index (Phi) is 8.79. The number of ether oxygens (including phenoxy) is 2. The molecule has 0 aliphatic carbocycles. The summed E-state index contributed by atoms with van der Waals surface area (Å²) in [5.74, 6) is 0.740. The number of hydrogen-bond acceptors (Lipinski definition) is 4. The summed E-state index contributed by atoms with van der Waals surface area (Å²) >= 11 is 15.6. The summed E-state index contributed by atoms with van der Waals surface area (Å²) in [6, 6.07) is 19.8. The first kappa shape index (κ1) is 24.7. The summed E-state index contributed by atoms with van der Waals surface area (Å²) in [6.45, 7) is 0.475. The van der Waals surface area contributed by atoms with Crippen molar-refractivity contribution in [1.29, 1.82) is 5.26 Å². The molecule has 1 N–H and O–H groups in total. The van der Waals surface area contributed by atoms with E-state index >= 15 is 0 Å². The maximum atomic E-state index is 12.6. The fourth-order valence-electron chi connectivity index (χ4n) is 2.88. The molecule has 0 aliphatic heterocycles. The van der Waals surface area contributed by atoms with E-state index in [0.29, 0.717) is 21.4 Å². The lowest BCUT2D eigenvalue weighted by atomic mass is 10.1. The highest BCUT2D eigenvalue weighted by molar-refractivity contribution is 9.10. The Balaban J connectivity index is 1.75. The van der Waals surface area contributed by atoms with Crippen LogP contribution in [0.5, 0.6) is 11.5 Å². The highest BCUT2D eigenvalue weighted by Gasteiger charge is 2.12. The van der Waals surface area contributed by atoms with E-state index in [1.165, 1.54) is 6.08 Å². The second kappa shape index (κ2) is 11.8. The van der Waals surface area contributed by atoms with Crippen molar-refractivity contribution in [3.05, 3.63) is 97.4 Å². The number of hydrogen-bond donors (Lipinski definition) is 1. The van der Waals surface area contributed by atoms with Gasteiger partial charge in [-0.2, -0.15) is 5.26 Å². The lowest BCUT2D eigenvalue weighted by Crippen LogP contribution is -2.23. The smallest absolute Gasteiger partial charge is 0.262 e. The van der Waals surface area contributed by atoms with Crippen LogP contribution in [-0.4, -0.2) is 13.0 Å². The van der Waals surface area contributed by atoms with Crippen molar-refractivity contribution < 1.29 is 14.3 Å². The van der Waals surface area contributed by atoms with Crippen molar-refractivity contribution in [2.45, 2.75) is 13.2 Å². The Labute approximate surface area is 210 Å². The molecule has 0 saturated carbocycles. The van der Waals surface area contributed by atoms with Crippen molar-refractivity contribution in [3.63, 3.8) is 0 Å². The molecule has 33 heavy (non-hydrogen) atoms. The van der Waals surface area contributed by atoms with Gasteiger partial charge < -0.3 is 14.8 Å². The Hall–Kier alpha value is -2.98. The van der Waals surface area contributed by atoms with Crippen LogP contribution in [0.3, 0.4) is 0 Å². The molecule has 1 amide bonds. The van der Waals surface area contributed by atoms with Crippen LogP contribution in [0.25, 0.3) is 6.08 Å². The van der Waals surface area contributed by atoms with Crippen LogP contribution in [-0.2, 0) is 17.9 Å². The van der Waals surface area contributed by atoms with Crippen LogP contribution in [0, 0.1) is 11.3 Å². The minimum atomic E-state index is -0.486. The van der Waals surface area contributed by atoms with Gasteiger partial charge in [-0.3, -0.25) is 4.79 Å². The maximum absolute atomic E-state index is 12.6. The largest absolute Gasteiger partial charge is 0.497 e. The minimum absolute atomic E-state index is 0.0454. The van der Waals surface area contributed by atoms with Gasteiger partial charge in [0, 0.05) is 32.2 Å². The molecule has 168 valence electrons. The first-order chi connectivity index (χ1) is 15.9. The van der Waals surface area contributed by atoms with Crippen LogP contribution in [0.1, 0.15) is 16.7 Å². The summed E-state index contributed by atoms with van der Waals surface area (Å²) in [4.78, 5) is 12.6. The zero-order valence-corrected chi connectivity index (χ0v) is 20.7. The zero-order valence-electron chi connectivity index (χ0n) is 17.6. The van der Waals surface area contributed by atoms with Crippen molar-refractivity contribution in [3.8, 4) is 17.6 Å². The molecule has 0 unspecified atom stereocenters. The summed E-state index contributed by atoms with van der Waals surface area (Å²) in [6.07, 6.45) is 1.49.